The third-order valence-electron chi connectivity index (χ3n) is 6.13. The van der Waals surface area contributed by atoms with E-state index in [0.717, 1.165) is 22.3 Å². The highest BCUT2D eigenvalue weighted by atomic mass is 31.2. The summed E-state index contributed by atoms with van der Waals surface area (Å²) in [6, 6.07) is 31.0. The van der Waals surface area contributed by atoms with Gasteiger partial charge in [0.2, 0.25) is 0 Å². The van der Waals surface area contributed by atoms with Crippen molar-refractivity contribution in [2.24, 2.45) is 0 Å². The van der Waals surface area contributed by atoms with Gasteiger partial charge in [-0.1, -0.05) is 72.8 Å². The van der Waals surface area contributed by atoms with Crippen LogP contribution in [0.5, 0.6) is 11.5 Å². The van der Waals surface area contributed by atoms with Gasteiger partial charge in [-0.05, 0) is 35.4 Å². The first-order valence-corrected chi connectivity index (χ1v) is 14.5. The van der Waals surface area contributed by atoms with Crippen LogP contribution in [0.15, 0.2) is 97.1 Å². The first kappa shape index (κ1) is 20.6. The summed E-state index contributed by atoms with van der Waals surface area (Å²) in [4.78, 5) is 0. The van der Waals surface area contributed by atoms with Gasteiger partial charge >= 0.3 is 0 Å². The minimum absolute atomic E-state index is 0.176. The second kappa shape index (κ2) is 7.80. The standard InChI is InChI=1S/C26H20BO4P2/c28-32(25-15-7-3-11-21(25)19-9-1-5-13-23(19)30-32)17-27-18-33(29)26-16-8-4-12-22(26)20-10-2-6-14-24(20)31-33/h1-16H,17-18H2. The molecule has 0 fully saturated rings. The monoisotopic (exact) mass is 469 g/mol. The second-order valence-electron chi connectivity index (χ2n) is 8.21. The third-order valence-corrected chi connectivity index (χ3v) is 10.8. The molecule has 0 amide bonds. The van der Waals surface area contributed by atoms with E-state index in [1.807, 2.05) is 104 Å². The molecule has 0 aliphatic carbocycles. The van der Waals surface area contributed by atoms with Gasteiger partial charge in [-0.2, -0.15) is 0 Å². The summed E-state index contributed by atoms with van der Waals surface area (Å²) in [5, 5.41) is 1.40. The normalized spacial score (nSPS) is 21.9. The van der Waals surface area contributed by atoms with Gasteiger partial charge in [0.1, 0.15) is 18.8 Å². The van der Waals surface area contributed by atoms with Crippen LogP contribution in [0.3, 0.4) is 0 Å². The Kier molecular flexibility index (Phi) is 4.87. The molecule has 0 saturated carbocycles. The smallest absolute Gasteiger partial charge is 0.270 e. The van der Waals surface area contributed by atoms with Crippen molar-refractivity contribution < 1.29 is 18.2 Å². The van der Waals surface area contributed by atoms with E-state index in [4.69, 9.17) is 9.05 Å². The zero-order valence-electron chi connectivity index (χ0n) is 17.8. The van der Waals surface area contributed by atoms with E-state index >= 15 is 0 Å². The Balaban J connectivity index is 1.30. The van der Waals surface area contributed by atoms with Crippen molar-refractivity contribution in [3.63, 3.8) is 0 Å². The predicted octanol–water partition coefficient (Wildman–Crippen LogP) is 5.93. The molecule has 2 heterocycles. The molecule has 6 rings (SSSR count). The third kappa shape index (κ3) is 3.39. The van der Waals surface area contributed by atoms with Crippen molar-refractivity contribution in [3.05, 3.63) is 97.1 Å². The SMILES string of the molecule is O=P1(C[B]CP2(=O)Oc3ccccc3-c3ccccc32)Oc2ccccc2-c2ccccc21. The van der Waals surface area contributed by atoms with Crippen molar-refractivity contribution >= 4 is 32.6 Å². The summed E-state index contributed by atoms with van der Waals surface area (Å²) >= 11 is 0. The highest BCUT2D eigenvalue weighted by molar-refractivity contribution is 7.71. The van der Waals surface area contributed by atoms with Crippen LogP contribution >= 0.6 is 14.7 Å². The van der Waals surface area contributed by atoms with Gasteiger partial charge in [0.25, 0.3) is 14.7 Å². The maximum Gasteiger partial charge on any atom is 0.270 e. The van der Waals surface area contributed by atoms with Crippen molar-refractivity contribution in [1.82, 2.24) is 0 Å². The van der Waals surface area contributed by atoms with E-state index in [1.165, 1.54) is 0 Å². The van der Waals surface area contributed by atoms with Crippen LogP contribution in [0.4, 0.5) is 0 Å². The molecule has 0 bridgehead atoms. The molecule has 1 radical (unpaired) electrons. The maximum atomic E-state index is 14.0. The molecule has 7 heteroatoms. The lowest BCUT2D eigenvalue weighted by Crippen LogP contribution is -2.26. The van der Waals surface area contributed by atoms with Crippen LogP contribution in [0.2, 0.25) is 0 Å². The molecule has 2 aliphatic rings. The highest BCUT2D eigenvalue weighted by Crippen LogP contribution is 2.57. The molecule has 2 unspecified atom stereocenters. The fourth-order valence-electron chi connectivity index (χ4n) is 4.62. The molecule has 4 aromatic carbocycles. The van der Waals surface area contributed by atoms with E-state index < -0.39 is 14.7 Å². The molecule has 2 aliphatic heterocycles. The Morgan fingerprint density at radius 3 is 1.33 bits per heavy atom. The number of rotatable bonds is 4. The lowest BCUT2D eigenvalue weighted by atomic mass is 9.86. The quantitative estimate of drug-likeness (QED) is 0.275. The average Bonchev–Trinajstić information content (AvgIpc) is 2.84. The molecule has 4 aromatic rings. The number of para-hydroxylation sites is 2. The van der Waals surface area contributed by atoms with Crippen molar-refractivity contribution in [2.75, 3.05) is 12.1 Å². The number of hydrogen-bond donors (Lipinski definition) is 0. The number of benzene rings is 4. The Labute approximate surface area is 193 Å². The summed E-state index contributed by atoms with van der Waals surface area (Å²) in [6.45, 7) is 0. The molecule has 2 atom stereocenters. The molecular weight excluding hydrogens is 449 g/mol. The van der Waals surface area contributed by atoms with Crippen LogP contribution in [0.1, 0.15) is 0 Å². The van der Waals surface area contributed by atoms with Gasteiger partial charge in [0.15, 0.2) is 0 Å². The predicted molar refractivity (Wildman–Crippen MR) is 135 cm³/mol. The summed E-state index contributed by atoms with van der Waals surface area (Å²) in [7, 11) is -4.62. The second-order valence-corrected chi connectivity index (χ2v) is 13.0. The molecule has 4 nitrogen and oxygen atoms in total. The largest absolute Gasteiger partial charge is 0.440 e. The molecule has 0 N–H and O–H groups in total. The zero-order valence-corrected chi connectivity index (χ0v) is 19.5. The van der Waals surface area contributed by atoms with Crippen LogP contribution in [0, 0.1) is 0 Å². The summed E-state index contributed by atoms with van der Waals surface area (Å²) in [6.07, 6.45) is 0. The van der Waals surface area contributed by atoms with Crippen molar-refractivity contribution in [2.45, 2.75) is 0 Å². The fraction of sp³-hybridized carbons (Fsp3) is 0.0769. The summed E-state index contributed by atoms with van der Waals surface area (Å²) in [5.74, 6) is 1.24. The van der Waals surface area contributed by atoms with Crippen LogP contribution in [0.25, 0.3) is 22.3 Å². The van der Waals surface area contributed by atoms with E-state index in [1.54, 1.807) is 0 Å². The highest BCUT2D eigenvalue weighted by Gasteiger charge is 2.39. The Morgan fingerprint density at radius 1 is 0.515 bits per heavy atom. The summed E-state index contributed by atoms with van der Waals surface area (Å²) in [5.41, 5.74) is 3.73. The van der Waals surface area contributed by atoms with Gasteiger partial charge in [-0.15, -0.1) is 0 Å². The van der Waals surface area contributed by atoms with Gasteiger partial charge in [0.05, 0.1) is 10.6 Å². The number of fused-ring (bicyclic) bond motifs is 6. The van der Waals surface area contributed by atoms with Gasteiger partial charge in [0, 0.05) is 23.2 Å². The Hall–Kier alpha value is -3.00. The van der Waals surface area contributed by atoms with Crippen LogP contribution < -0.4 is 19.7 Å². The lowest BCUT2D eigenvalue weighted by molar-refractivity contribution is 0.495. The van der Waals surface area contributed by atoms with Crippen LogP contribution in [-0.2, 0) is 9.13 Å². The lowest BCUT2D eigenvalue weighted by Gasteiger charge is -2.30. The van der Waals surface area contributed by atoms with Crippen LogP contribution in [-0.4, -0.2) is 19.4 Å². The zero-order chi connectivity index (χ0) is 22.5. The van der Waals surface area contributed by atoms with Gasteiger partial charge in [-0.25, -0.2) is 0 Å². The molecule has 0 aromatic heterocycles. The Morgan fingerprint density at radius 2 is 0.879 bits per heavy atom. The fourth-order valence-corrected chi connectivity index (χ4v) is 9.20. The molecule has 33 heavy (non-hydrogen) atoms. The topological polar surface area (TPSA) is 52.6 Å². The van der Waals surface area contributed by atoms with Gasteiger partial charge < -0.3 is 9.05 Å². The number of hydrogen-bond acceptors (Lipinski definition) is 4. The minimum atomic E-state index is -3.22. The van der Waals surface area contributed by atoms with Crippen molar-refractivity contribution in [1.29, 1.82) is 0 Å². The first-order valence-electron chi connectivity index (χ1n) is 10.8. The summed E-state index contributed by atoms with van der Waals surface area (Å²) < 4.78 is 40.2. The minimum Gasteiger partial charge on any atom is -0.440 e. The molecule has 161 valence electrons. The molecular formula is C26H20BO4P2. The van der Waals surface area contributed by atoms with E-state index in [-0.39, 0.29) is 12.1 Å². The van der Waals surface area contributed by atoms with E-state index in [2.05, 4.69) is 0 Å². The maximum absolute atomic E-state index is 14.0. The van der Waals surface area contributed by atoms with E-state index in [9.17, 15) is 9.13 Å². The molecule has 0 saturated heterocycles. The first-order chi connectivity index (χ1) is 16.1. The Bertz CT molecular complexity index is 1370. The van der Waals surface area contributed by atoms with E-state index in [0.29, 0.717) is 22.1 Å². The average molecular weight is 469 g/mol. The van der Waals surface area contributed by atoms with Gasteiger partial charge in [-0.3, -0.25) is 9.13 Å². The van der Waals surface area contributed by atoms with Crippen molar-refractivity contribution in [3.8, 4) is 33.8 Å². The molecule has 0 spiro atoms.